The zero-order valence-corrected chi connectivity index (χ0v) is 12.7. The van der Waals surface area contributed by atoms with E-state index in [-0.39, 0.29) is 0 Å². The Morgan fingerprint density at radius 2 is 2.10 bits per heavy atom. The minimum absolute atomic E-state index is 0.805. The highest BCUT2D eigenvalue weighted by molar-refractivity contribution is 5.80. The molecule has 0 radical (unpaired) electrons. The maximum atomic E-state index is 5.41. The van der Waals surface area contributed by atoms with E-state index >= 15 is 0 Å². The van der Waals surface area contributed by atoms with Crippen molar-refractivity contribution >= 4 is 10.9 Å². The molecule has 0 aliphatic heterocycles. The molecule has 20 heavy (non-hydrogen) atoms. The van der Waals surface area contributed by atoms with Crippen molar-refractivity contribution in [3.05, 3.63) is 36.0 Å². The molecule has 1 aromatic heterocycles. The van der Waals surface area contributed by atoms with E-state index in [1.165, 1.54) is 22.9 Å². The predicted molar refractivity (Wildman–Crippen MR) is 85.0 cm³/mol. The molecule has 0 fully saturated rings. The van der Waals surface area contributed by atoms with Crippen LogP contribution in [-0.4, -0.2) is 24.3 Å². The van der Waals surface area contributed by atoms with Crippen LogP contribution in [0.15, 0.2) is 30.5 Å². The number of benzene rings is 1. The van der Waals surface area contributed by atoms with Crippen LogP contribution in [0, 0.1) is 0 Å². The second-order valence-corrected chi connectivity index (χ2v) is 5.13. The van der Waals surface area contributed by atoms with Crippen LogP contribution in [0.2, 0.25) is 0 Å². The van der Waals surface area contributed by atoms with E-state index in [4.69, 9.17) is 4.74 Å². The van der Waals surface area contributed by atoms with Crippen LogP contribution in [0.4, 0.5) is 0 Å². The van der Waals surface area contributed by atoms with Gasteiger partial charge >= 0.3 is 0 Å². The lowest BCUT2D eigenvalue weighted by Gasteiger charge is -2.08. The maximum absolute atomic E-state index is 5.41. The quantitative estimate of drug-likeness (QED) is 0.708. The zero-order chi connectivity index (χ0) is 14.2. The first kappa shape index (κ1) is 15.1. The SMILES string of the molecule is CCCNCc1ccc2ccn(CCCOCC)c2c1. The van der Waals surface area contributed by atoms with Crippen LogP contribution in [-0.2, 0) is 17.8 Å². The molecule has 0 aliphatic carbocycles. The first-order valence-electron chi connectivity index (χ1n) is 7.71. The van der Waals surface area contributed by atoms with Crippen LogP contribution < -0.4 is 5.32 Å². The Morgan fingerprint density at radius 3 is 2.90 bits per heavy atom. The predicted octanol–water partition coefficient (Wildman–Crippen LogP) is 3.57. The Labute approximate surface area is 121 Å². The molecule has 1 heterocycles. The smallest absolute Gasteiger partial charge is 0.0483 e. The van der Waals surface area contributed by atoms with Gasteiger partial charge in [-0.05, 0) is 49.4 Å². The molecule has 0 atom stereocenters. The summed E-state index contributed by atoms with van der Waals surface area (Å²) < 4.78 is 7.74. The molecule has 1 N–H and O–H groups in total. The number of aromatic nitrogens is 1. The molecule has 1 aromatic carbocycles. The van der Waals surface area contributed by atoms with Crippen LogP contribution >= 0.6 is 0 Å². The molecule has 0 bridgehead atoms. The first-order chi connectivity index (χ1) is 9.85. The van der Waals surface area contributed by atoms with Gasteiger partial charge in [0.05, 0.1) is 0 Å². The van der Waals surface area contributed by atoms with E-state index in [0.717, 1.165) is 39.3 Å². The first-order valence-corrected chi connectivity index (χ1v) is 7.71. The van der Waals surface area contributed by atoms with Gasteiger partial charge in [-0.25, -0.2) is 0 Å². The standard InChI is InChI=1S/C17H26N2O/c1-3-9-18-14-15-6-7-16-8-11-19(17(16)13-15)10-5-12-20-4-2/h6-8,11,13,18H,3-5,9-10,12,14H2,1-2H3. The molecule has 0 aliphatic rings. The van der Waals surface area contributed by atoms with Gasteiger partial charge in [-0.2, -0.15) is 0 Å². The summed E-state index contributed by atoms with van der Waals surface area (Å²) in [5.41, 5.74) is 2.69. The molecule has 0 amide bonds. The molecule has 110 valence electrons. The van der Waals surface area contributed by atoms with Crippen LogP contribution in [0.25, 0.3) is 10.9 Å². The number of aryl methyl sites for hydroxylation is 1. The highest BCUT2D eigenvalue weighted by atomic mass is 16.5. The fourth-order valence-corrected chi connectivity index (χ4v) is 2.43. The highest BCUT2D eigenvalue weighted by Gasteiger charge is 2.02. The fraction of sp³-hybridized carbons (Fsp3) is 0.529. The molecule has 0 saturated heterocycles. The van der Waals surface area contributed by atoms with E-state index < -0.39 is 0 Å². The van der Waals surface area contributed by atoms with Crippen LogP contribution in [0.1, 0.15) is 32.3 Å². The summed E-state index contributed by atoms with van der Waals surface area (Å²) in [5.74, 6) is 0. The molecule has 2 rings (SSSR count). The van der Waals surface area contributed by atoms with Gasteiger partial charge in [-0.15, -0.1) is 0 Å². The molecule has 3 heteroatoms. The molecule has 3 nitrogen and oxygen atoms in total. The third-order valence-corrected chi connectivity index (χ3v) is 3.49. The zero-order valence-electron chi connectivity index (χ0n) is 12.7. The Morgan fingerprint density at radius 1 is 1.20 bits per heavy atom. The van der Waals surface area contributed by atoms with Gasteiger partial charge in [-0.1, -0.05) is 19.1 Å². The number of fused-ring (bicyclic) bond motifs is 1. The Hall–Kier alpha value is -1.32. The highest BCUT2D eigenvalue weighted by Crippen LogP contribution is 2.18. The number of hydrogen-bond acceptors (Lipinski definition) is 2. The van der Waals surface area contributed by atoms with E-state index in [1.807, 2.05) is 6.92 Å². The largest absolute Gasteiger partial charge is 0.382 e. The van der Waals surface area contributed by atoms with Crippen LogP contribution in [0.5, 0.6) is 0 Å². The number of rotatable bonds is 9. The van der Waals surface area contributed by atoms with Crippen molar-refractivity contribution in [2.75, 3.05) is 19.8 Å². The molecule has 0 saturated carbocycles. The fourth-order valence-electron chi connectivity index (χ4n) is 2.43. The van der Waals surface area contributed by atoms with E-state index in [1.54, 1.807) is 0 Å². The Kier molecular flexibility index (Phi) is 6.09. The minimum atomic E-state index is 0.805. The molecule has 0 unspecified atom stereocenters. The topological polar surface area (TPSA) is 26.2 Å². The van der Waals surface area contributed by atoms with Crippen molar-refractivity contribution in [1.29, 1.82) is 0 Å². The van der Waals surface area contributed by atoms with Gasteiger partial charge in [0.1, 0.15) is 0 Å². The normalized spacial score (nSPS) is 11.3. The Bertz CT molecular complexity index is 519. The van der Waals surface area contributed by atoms with Crippen LogP contribution in [0.3, 0.4) is 0 Å². The van der Waals surface area contributed by atoms with E-state index in [0.29, 0.717) is 0 Å². The average molecular weight is 274 g/mol. The van der Waals surface area contributed by atoms with Gasteiger partial charge in [0, 0.05) is 38.0 Å². The van der Waals surface area contributed by atoms with E-state index in [2.05, 4.69) is 47.3 Å². The number of nitrogens with zero attached hydrogens (tertiary/aromatic N) is 1. The van der Waals surface area contributed by atoms with Crippen molar-refractivity contribution in [3.8, 4) is 0 Å². The minimum Gasteiger partial charge on any atom is -0.382 e. The Balaban J connectivity index is 2.01. The summed E-state index contributed by atoms with van der Waals surface area (Å²) in [4.78, 5) is 0. The van der Waals surface area contributed by atoms with Crippen molar-refractivity contribution in [1.82, 2.24) is 9.88 Å². The second-order valence-electron chi connectivity index (χ2n) is 5.13. The van der Waals surface area contributed by atoms with Gasteiger partial charge in [0.25, 0.3) is 0 Å². The van der Waals surface area contributed by atoms with Crippen molar-refractivity contribution < 1.29 is 4.74 Å². The van der Waals surface area contributed by atoms with Crippen molar-refractivity contribution in [2.45, 2.75) is 39.8 Å². The van der Waals surface area contributed by atoms with Gasteiger partial charge in [-0.3, -0.25) is 0 Å². The van der Waals surface area contributed by atoms with Gasteiger partial charge in [0.15, 0.2) is 0 Å². The summed E-state index contributed by atoms with van der Waals surface area (Å²) in [6.45, 7) is 8.94. The summed E-state index contributed by atoms with van der Waals surface area (Å²) >= 11 is 0. The summed E-state index contributed by atoms with van der Waals surface area (Å²) in [7, 11) is 0. The third-order valence-electron chi connectivity index (χ3n) is 3.49. The summed E-state index contributed by atoms with van der Waals surface area (Å²) in [6, 6.07) is 8.94. The lowest BCUT2D eigenvalue weighted by atomic mass is 10.1. The number of ether oxygens (including phenoxy) is 1. The lowest BCUT2D eigenvalue weighted by molar-refractivity contribution is 0.142. The third kappa shape index (κ3) is 4.09. The van der Waals surface area contributed by atoms with Crippen molar-refractivity contribution in [2.24, 2.45) is 0 Å². The van der Waals surface area contributed by atoms with E-state index in [9.17, 15) is 0 Å². The maximum Gasteiger partial charge on any atom is 0.0483 e. The number of hydrogen-bond donors (Lipinski definition) is 1. The molecular weight excluding hydrogens is 248 g/mol. The van der Waals surface area contributed by atoms with Gasteiger partial charge < -0.3 is 14.6 Å². The summed E-state index contributed by atoms with van der Waals surface area (Å²) in [6.07, 6.45) is 4.42. The monoisotopic (exact) mass is 274 g/mol. The average Bonchev–Trinajstić information content (AvgIpc) is 2.87. The summed E-state index contributed by atoms with van der Waals surface area (Å²) in [5, 5.41) is 4.78. The molecular formula is C17H26N2O. The number of nitrogens with one attached hydrogen (secondary N) is 1. The lowest BCUT2D eigenvalue weighted by Crippen LogP contribution is -2.13. The second kappa shape index (κ2) is 8.08. The van der Waals surface area contributed by atoms with Gasteiger partial charge in [0.2, 0.25) is 0 Å². The molecule has 2 aromatic rings. The van der Waals surface area contributed by atoms with Crippen molar-refractivity contribution in [3.63, 3.8) is 0 Å². The molecule has 0 spiro atoms.